The van der Waals surface area contributed by atoms with Crippen molar-refractivity contribution in [2.45, 2.75) is 25.8 Å². The van der Waals surface area contributed by atoms with Crippen LogP contribution in [0.5, 0.6) is 0 Å². The maximum atomic E-state index is 13.8. The van der Waals surface area contributed by atoms with E-state index in [1.165, 1.54) is 25.3 Å². The zero-order valence-corrected chi connectivity index (χ0v) is 10.4. The fourth-order valence-corrected chi connectivity index (χ4v) is 3.45. The molecule has 2 aliphatic rings. The molecule has 2 fully saturated rings. The number of fused-ring (bicyclic) bond motifs is 1. The van der Waals surface area contributed by atoms with Gasteiger partial charge < -0.3 is 0 Å². The van der Waals surface area contributed by atoms with E-state index in [4.69, 9.17) is 5.26 Å². The normalized spacial score (nSPS) is 27.1. The number of hydrogen-bond acceptors (Lipinski definition) is 2. The minimum atomic E-state index is -0.244. The largest absolute Gasteiger partial charge is 0.298 e. The Labute approximate surface area is 107 Å². The lowest BCUT2D eigenvalue weighted by Crippen LogP contribution is -2.21. The Bertz CT molecular complexity index is 480. The van der Waals surface area contributed by atoms with E-state index in [-0.39, 0.29) is 5.82 Å². The van der Waals surface area contributed by atoms with E-state index in [1.54, 1.807) is 12.1 Å². The van der Waals surface area contributed by atoms with Crippen LogP contribution in [-0.2, 0) is 6.54 Å². The molecule has 0 N–H and O–H groups in total. The van der Waals surface area contributed by atoms with Gasteiger partial charge in [-0.15, -0.1) is 0 Å². The molecule has 2 nitrogen and oxygen atoms in total. The van der Waals surface area contributed by atoms with Crippen LogP contribution in [0.2, 0.25) is 0 Å². The second-order valence-corrected chi connectivity index (χ2v) is 5.56. The van der Waals surface area contributed by atoms with E-state index < -0.39 is 0 Å². The van der Waals surface area contributed by atoms with Gasteiger partial charge in [-0.1, -0.05) is 12.5 Å². The first-order valence-electron chi connectivity index (χ1n) is 6.67. The molecule has 1 heterocycles. The molecule has 0 bridgehead atoms. The maximum Gasteiger partial charge on any atom is 0.129 e. The third-order valence-electron chi connectivity index (χ3n) is 4.38. The van der Waals surface area contributed by atoms with Crippen LogP contribution in [0.25, 0.3) is 0 Å². The van der Waals surface area contributed by atoms with Gasteiger partial charge in [0.1, 0.15) is 5.82 Å². The monoisotopic (exact) mass is 244 g/mol. The molecule has 1 aromatic rings. The molecule has 3 heteroatoms. The highest BCUT2D eigenvalue weighted by Crippen LogP contribution is 2.38. The van der Waals surface area contributed by atoms with Crippen molar-refractivity contribution in [2.75, 3.05) is 13.1 Å². The minimum Gasteiger partial charge on any atom is -0.298 e. The average Bonchev–Trinajstić information content (AvgIpc) is 2.92. The van der Waals surface area contributed by atoms with Crippen molar-refractivity contribution in [1.82, 2.24) is 4.90 Å². The maximum absolute atomic E-state index is 13.8. The molecule has 0 spiro atoms. The first-order valence-corrected chi connectivity index (χ1v) is 6.67. The Kier molecular flexibility index (Phi) is 3.05. The standard InChI is InChI=1S/C15H17FN2/c16-15-6-11(7-17)4-5-14(15)10-18-8-12-2-1-3-13(12)9-18/h4-6,12-13H,1-3,8-10H2. The van der Waals surface area contributed by atoms with Crippen LogP contribution in [0.3, 0.4) is 0 Å². The van der Waals surface area contributed by atoms with Gasteiger partial charge in [-0.2, -0.15) is 5.26 Å². The highest BCUT2D eigenvalue weighted by molar-refractivity contribution is 5.32. The number of likely N-dealkylation sites (tertiary alicyclic amines) is 1. The summed E-state index contributed by atoms with van der Waals surface area (Å²) in [6.45, 7) is 2.92. The van der Waals surface area contributed by atoms with E-state index in [2.05, 4.69) is 4.90 Å². The summed E-state index contributed by atoms with van der Waals surface area (Å²) in [4.78, 5) is 2.36. The Balaban J connectivity index is 1.69. The van der Waals surface area contributed by atoms with Crippen LogP contribution in [0.1, 0.15) is 30.4 Å². The second-order valence-electron chi connectivity index (χ2n) is 5.56. The van der Waals surface area contributed by atoms with E-state index in [0.717, 1.165) is 24.9 Å². The molecule has 0 amide bonds. The number of nitriles is 1. The lowest BCUT2D eigenvalue weighted by molar-refractivity contribution is 0.299. The number of hydrogen-bond donors (Lipinski definition) is 0. The van der Waals surface area contributed by atoms with Crippen molar-refractivity contribution in [1.29, 1.82) is 5.26 Å². The Morgan fingerprint density at radius 3 is 2.61 bits per heavy atom. The third-order valence-corrected chi connectivity index (χ3v) is 4.38. The van der Waals surface area contributed by atoms with Crippen molar-refractivity contribution >= 4 is 0 Å². The van der Waals surface area contributed by atoms with Gasteiger partial charge in [-0.3, -0.25) is 4.90 Å². The van der Waals surface area contributed by atoms with Crippen LogP contribution in [0.15, 0.2) is 18.2 Å². The predicted octanol–water partition coefficient (Wildman–Crippen LogP) is 2.93. The molecular weight excluding hydrogens is 227 g/mol. The van der Waals surface area contributed by atoms with Crippen LogP contribution >= 0.6 is 0 Å². The molecule has 1 aromatic carbocycles. The molecule has 0 aromatic heterocycles. The van der Waals surface area contributed by atoms with Crippen molar-refractivity contribution in [3.63, 3.8) is 0 Å². The first-order chi connectivity index (χ1) is 8.76. The highest BCUT2D eigenvalue weighted by Gasteiger charge is 2.35. The topological polar surface area (TPSA) is 27.0 Å². The summed E-state index contributed by atoms with van der Waals surface area (Å²) in [5, 5.41) is 8.72. The summed E-state index contributed by atoms with van der Waals surface area (Å²) in [5.41, 5.74) is 1.11. The molecular formula is C15H17FN2. The van der Waals surface area contributed by atoms with E-state index in [0.29, 0.717) is 17.7 Å². The zero-order valence-electron chi connectivity index (χ0n) is 10.4. The molecule has 1 saturated carbocycles. The Hall–Kier alpha value is -1.40. The third kappa shape index (κ3) is 2.13. The summed E-state index contributed by atoms with van der Waals surface area (Å²) < 4.78 is 13.8. The van der Waals surface area contributed by atoms with Gasteiger partial charge in [-0.05, 0) is 36.8 Å². The van der Waals surface area contributed by atoms with E-state index >= 15 is 0 Å². The van der Waals surface area contributed by atoms with Gasteiger partial charge in [0.05, 0.1) is 11.6 Å². The van der Waals surface area contributed by atoms with Gasteiger partial charge in [0.15, 0.2) is 0 Å². The quantitative estimate of drug-likeness (QED) is 0.799. The van der Waals surface area contributed by atoms with Crippen molar-refractivity contribution in [3.05, 3.63) is 35.1 Å². The average molecular weight is 244 g/mol. The van der Waals surface area contributed by atoms with Gasteiger partial charge in [0.2, 0.25) is 0 Å². The number of rotatable bonds is 2. The molecule has 1 aliphatic carbocycles. The predicted molar refractivity (Wildman–Crippen MR) is 67.2 cm³/mol. The fourth-order valence-electron chi connectivity index (χ4n) is 3.45. The minimum absolute atomic E-state index is 0.244. The van der Waals surface area contributed by atoms with Gasteiger partial charge >= 0.3 is 0 Å². The molecule has 0 radical (unpaired) electrons. The summed E-state index contributed by atoms with van der Waals surface area (Å²) in [7, 11) is 0. The fraction of sp³-hybridized carbons (Fsp3) is 0.533. The molecule has 18 heavy (non-hydrogen) atoms. The first kappa shape index (κ1) is 11.7. The molecule has 3 rings (SSSR count). The molecule has 1 aliphatic heterocycles. The summed E-state index contributed by atoms with van der Waals surface area (Å²) >= 11 is 0. The lowest BCUT2D eigenvalue weighted by atomic mass is 10.0. The Morgan fingerprint density at radius 1 is 1.28 bits per heavy atom. The van der Waals surface area contributed by atoms with Crippen molar-refractivity contribution in [2.24, 2.45) is 11.8 Å². The van der Waals surface area contributed by atoms with Crippen LogP contribution in [0.4, 0.5) is 4.39 Å². The van der Waals surface area contributed by atoms with Crippen LogP contribution in [0, 0.1) is 29.0 Å². The number of benzene rings is 1. The van der Waals surface area contributed by atoms with Crippen LogP contribution in [-0.4, -0.2) is 18.0 Å². The molecule has 2 atom stereocenters. The lowest BCUT2D eigenvalue weighted by Gasteiger charge is -2.17. The highest BCUT2D eigenvalue weighted by atomic mass is 19.1. The van der Waals surface area contributed by atoms with Gasteiger partial charge in [0, 0.05) is 25.2 Å². The Morgan fingerprint density at radius 2 is 2.00 bits per heavy atom. The SMILES string of the molecule is N#Cc1ccc(CN2CC3CCCC3C2)c(F)c1. The van der Waals surface area contributed by atoms with Gasteiger partial charge in [0.25, 0.3) is 0 Å². The number of halogens is 1. The molecule has 1 saturated heterocycles. The summed E-state index contributed by atoms with van der Waals surface area (Å²) in [5.74, 6) is 1.43. The second kappa shape index (κ2) is 4.70. The smallest absolute Gasteiger partial charge is 0.129 e. The molecule has 2 unspecified atom stereocenters. The summed E-state index contributed by atoms with van der Waals surface area (Å²) in [6, 6.07) is 6.76. The van der Waals surface area contributed by atoms with Crippen molar-refractivity contribution < 1.29 is 4.39 Å². The van der Waals surface area contributed by atoms with Crippen LogP contribution < -0.4 is 0 Å². The molecule has 94 valence electrons. The van der Waals surface area contributed by atoms with Crippen molar-refractivity contribution in [3.8, 4) is 6.07 Å². The number of nitrogens with zero attached hydrogens (tertiary/aromatic N) is 2. The van der Waals surface area contributed by atoms with Gasteiger partial charge in [-0.25, -0.2) is 4.39 Å². The van der Waals surface area contributed by atoms with E-state index in [9.17, 15) is 4.39 Å². The zero-order chi connectivity index (χ0) is 12.5. The summed E-state index contributed by atoms with van der Waals surface area (Å²) in [6.07, 6.45) is 4.06. The van der Waals surface area contributed by atoms with E-state index in [1.807, 2.05) is 6.07 Å².